The minimum atomic E-state index is -0.623. The average molecular weight is 426 g/mol. The molecule has 2 atom stereocenters. The van der Waals surface area contributed by atoms with E-state index in [1.807, 2.05) is 14.1 Å². The van der Waals surface area contributed by atoms with E-state index in [0.29, 0.717) is 0 Å². The minimum Gasteiger partial charge on any atom is -0.481 e. The van der Waals surface area contributed by atoms with Crippen LogP contribution < -0.4 is 0 Å². The van der Waals surface area contributed by atoms with Crippen LogP contribution in [0.15, 0.2) is 0 Å². The van der Waals surface area contributed by atoms with Gasteiger partial charge in [-0.2, -0.15) is 0 Å². The number of carboxylic acid groups (broad SMARTS) is 1. The van der Waals surface area contributed by atoms with Crippen molar-refractivity contribution in [2.24, 2.45) is 5.92 Å². The van der Waals surface area contributed by atoms with Crippen LogP contribution in [-0.2, 0) is 4.79 Å². The van der Waals surface area contributed by atoms with Gasteiger partial charge in [-0.25, -0.2) is 0 Å². The molecule has 3 heteroatoms. The Labute approximate surface area is 189 Å². The molecule has 0 heterocycles. The van der Waals surface area contributed by atoms with Gasteiger partial charge in [0.25, 0.3) is 0 Å². The second kappa shape index (κ2) is 21.7. The van der Waals surface area contributed by atoms with Crippen molar-refractivity contribution in [2.75, 3.05) is 14.1 Å². The standard InChI is InChI=1S/C27H55NO2/c1-5-7-8-9-10-11-12-13-14-15-16-17-18-19-20-21-22-23-24-25(27(29)30)26(6-2)28(3)4/h25-26H,5-24H2,1-4H3,(H,29,30). The van der Waals surface area contributed by atoms with Crippen LogP contribution in [0.3, 0.4) is 0 Å². The lowest BCUT2D eigenvalue weighted by Gasteiger charge is -2.28. The fraction of sp³-hybridized carbons (Fsp3) is 0.963. The van der Waals surface area contributed by atoms with E-state index in [-0.39, 0.29) is 12.0 Å². The normalized spacial score (nSPS) is 13.6. The largest absolute Gasteiger partial charge is 0.481 e. The zero-order valence-electron chi connectivity index (χ0n) is 21.1. The fourth-order valence-electron chi connectivity index (χ4n) is 4.76. The van der Waals surface area contributed by atoms with Gasteiger partial charge >= 0.3 is 5.97 Å². The number of nitrogens with zero attached hydrogens (tertiary/aromatic N) is 1. The van der Waals surface area contributed by atoms with Crippen LogP contribution in [0.25, 0.3) is 0 Å². The highest BCUT2D eigenvalue weighted by Gasteiger charge is 2.27. The molecule has 1 N–H and O–H groups in total. The molecule has 2 unspecified atom stereocenters. The Morgan fingerprint density at radius 2 is 0.967 bits per heavy atom. The van der Waals surface area contributed by atoms with Gasteiger partial charge in [0, 0.05) is 6.04 Å². The summed E-state index contributed by atoms with van der Waals surface area (Å²) in [7, 11) is 4.00. The predicted molar refractivity (Wildman–Crippen MR) is 132 cm³/mol. The molecule has 0 radical (unpaired) electrons. The Hall–Kier alpha value is -0.570. The Morgan fingerprint density at radius 3 is 1.23 bits per heavy atom. The third-order valence-corrected chi connectivity index (χ3v) is 6.73. The van der Waals surface area contributed by atoms with Gasteiger partial charge in [-0.05, 0) is 26.9 Å². The van der Waals surface area contributed by atoms with Gasteiger partial charge in [0.15, 0.2) is 0 Å². The molecule has 0 spiro atoms. The van der Waals surface area contributed by atoms with E-state index in [4.69, 9.17) is 0 Å². The molecule has 0 fully saturated rings. The Morgan fingerprint density at radius 1 is 0.633 bits per heavy atom. The molecule has 0 saturated carbocycles. The van der Waals surface area contributed by atoms with Crippen molar-refractivity contribution in [2.45, 2.75) is 148 Å². The zero-order chi connectivity index (χ0) is 22.5. The molecular weight excluding hydrogens is 370 g/mol. The van der Waals surface area contributed by atoms with Crippen LogP contribution in [0.2, 0.25) is 0 Å². The Kier molecular flexibility index (Phi) is 21.2. The lowest BCUT2D eigenvalue weighted by Crippen LogP contribution is -2.38. The lowest BCUT2D eigenvalue weighted by atomic mass is 9.90. The number of hydrogen-bond donors (Lipinski definition) is 1. The molecule has 0 aromatic carbocycles. The fourth-order valence-corrected chi connectivity index (χ4v) is 4.76. The van der Waals surface area contributed by atoms with Crippen LogP contribution in [0.4, 0.5) is 0 Å². The number of rotatable bonds is 23. The second-order valence-electron chi connectivity index (χ2n) is 9.68. The minimum absolute atomic E-state index is 0.160. The maximum atomic E-state index is 11.6. The molecule has 0 aliphatic heterocycles. The summed E-state index contributed by atoms with van der Waals surface area (Å²) in [6.45, 7) is 4.38. The molecule has 0 rings (SSSR count). The summed E-state index contributed by atoms with van der Waals surface area (Å²) in [4.78, 5) is 13.7. The summed E-state index contributed by atoms with van der Waals surface area (Å²) in [5.41, 5.74) is 0. The summed E-state index contributed by atoms with van der Waals surface area (Å²) in [5.74, 6) is -0.839. The summed E-state index contributed by atoms with van der Waals surface area (Å²) in [6, 6.07) is 0.160. The van der Waals surface area contributed by atoms with E-state index >= 15 is 0 Å². The van der Waals surface area contributed by atoms with E-state index in [9.17, 15) is 9.90 Å². The first-order valence-electron chi connectivity index (χ1n) is 13.4. The first-order chi connectivity index (χ1) is 14.5. The first kappa shape index (κ1) is 29.4. The zero-order valence-corrected chi connectivity index (χ0v) is 21.1. The second-order valence-corrected chi connectivity index (χ2v) is 9.68. The van der Waals surface area contributed by atoms with Crippen molar-refractivity contribution in [1.29, 1.82) is 0 Å². The molecule has 0 aliphatic carbocycles. The molecule has 0 aromatic rings. The molecule has 180 valence electrons. The van der Waals surface area contributed by atoms with Crippen LogP contribution >= 0.6 is 0 Å². The van der Waals surface area contributed by atoms with E-state index in [1.165, 1.54) is 109 Å². The lowest BCUT2D eigenvalue weighted by molar-refractivity contribution is -0.144. The van der Waals surface area contributed by atoms with Gasteiger partial charge in [-0.3, -0.25) is 4.79 Å². The average Bonchev–Trinajstić information content (AvgIpc) is 2.71. The monoisotopic (exact) mass is 425 g/mol. The molecule has 0 bridgehead atoms. The van der Waals surface area contributed by atoms with Crippen LogP contribution in [0.5, 0.6) is 0 Å². The first-order valence-corrected chi connectivity index (χ1v) is 13.4. The molecule has 0 saturated heterocycles. The number of hydrogen-bond acceptors (Lipinski definition) is 2. The molecule has 0 aliphatic rings. The third-order valence-electron chi connectivity index (χ3n) is 6.73. The van der Waals surface area contributed by atoms with E-state index in [2.05, 4.69) is 18.7 Å². The van der Waals surface area contributed by atoms with Crippen molar-refractivity contribution in [3.05, 3.63) is 0 Å². The van der Waals surface area contributed by atoms with Gasteiger partial charge in [-0.15, -0.1) is 0 Å². The van der Waals surface area contributed by atoms with Gasteiger partial charge in [0.1, 0.15) is 0 Å². The van der Waals surface area contributed by atoms with Crippen molar-refractivity contribution in [3.8, 4) is 0 Å². The van der Waals surface area contributed by atoms with E-state index in [1.54, 1.807) is 0 Å². The maximum Gasteiger partial charge on any atom is 0.308 e. The van der Waals surface area contributed by atoms with Gasteiger partial charge in [0.05, 0.1) is 5.92 Å². The summed E-state index contributed by atoms with van der Waals surface area (Å²) < 4.78 is 0. The highest BCUT2D eigenvalue weighted by molar-refractivity contribution is 5.70. The van der Waals surface area contributed by atoms with Crippen LogP contribution in [0.1, 0.15) is 142 Å². The van der Waals surface area contributed by atoms with Gasteiger partial charge in [-0.1, -0.05) is 129 Å². The number of carboxylic acids is 1. The predicted octanol–water partition coefficient (Wildman–Crippen LogP) is 8.46. The summed E-state index contributed by atoms with van der Waals surface area (Å²) in [6.07, 6.45) is 26.4. The molecule has 0 amide bonds. The highest BCUT2D eigenvalue weighted by atomic mass is 16.4. The van der Waals surface area contributed by atoms with Crippen molar-refractivity contribution in [1.82, 2.24) is 4.90 Å². The third kappa shape index (κ3) is 17.1. The topological polar surface area (TPSA) is 40.5 Å². The van der Waals surface area contributed by atoms with Crippen molar-refractivity contribution in [3.63, 3.8) is 0 Å². The number of aliphatic carboxylic acids is 1. The van der Waals surface area contributed by atoms with Crippen molar-refractivity contribution >= 4 is 5.97 Å². The molecular formula is C27H55NO2. The van der Waals surface area contributed by atoms with E-state index < -0.39 is 5.97 Å². The highest BCUT2D eigenvalue weighted by Crippen LogP contribution is 2.21. The number of unbranched alkanes of at least 4 members (excludes halogenated alkanes) is 17. The van der Waals surface area contributed by atoms with Gasteiger partial charge < -0.3 is 10.0 Å². The summed E-state index contributed by atoms with van der Waals surface area (Å²) >= 11 is 0. The quantitative estimate of drug-likeness (QED) is 0.167. The Balaban J connectivity index is 3.41. The molecule has 30 heavy (non-hydrogen) atoms. The Bertz CT molecular complexity index is 370. The number of carbonyl (C=O) groups is 1. The van der Waals surface area contributed by atoms with Crippen LogP contribution in [-0.4, -0.2) is 36.1 Å². The van der Waals surface area contributed by atoms with E-state index in [0.717, 1.165) is 19.3 Å². The molecule has 0 aromatic heterocycles. The van der Waals surface area contributed by atoms with Crippen LogP contribution in [0, 0.1) is 5.92 Å². The van der Waals surface area contributed by atoms with Gasteiger partial charge in [0.2, 0.25) is 0 Å². The smallest absolute Gasteiger partial charge is 0.308 e. The SMILES string of the molecule is CCCCCCCCCCCCCCCCCCCCC(C(=O)O)C(CC)N(C)C. The maximum absolute atomic E-state index is 11.6. The summed E-state index contributed by atoms with van der Waals surface area (Å²) in [5, 5.41) is 9.54. The molecule has 3 nitrogen and oxygen atoms in total. The van der Waals surface area contributed by atoms with Crippen molar-refractivity contribution < 1.29 is 9.90 Å².